The van der Waals surface area contributed by atoms with Crippen LogP contribution < -0.4 is 10.6 Å². The highest BCUT2D eigenvalue weighted by Gasteiger charge is 2.26. The molecule has 0 amide bonds. The fraction of sp³-hybridized carbons (Fsp3) is 0.938. The number of hydrogen-bond donors (Lipinski definition) is 3. The van der Waals surface area contributed by atoms with Crippen LogP contribution in [0, 0.1) is 5.92 Å². The van der Waals surface area contributed by atoms with Gasteiger partial charge in [-0.3, -0.25) is 4.99 Å². The van der Waals surface area contributed by atoms with Crippen molar-refractivity contribution in [2.75, 3.05) is 19.3 Å². The fourth-order valence-corrected chi connectivity index (χ4v) is 4.71. The lowest BCUT2D eigenvalue weighted by molar-refractivity contribution is 0.134. The molecule has 4 nitrogen and oxygen atoms in total. The van der Waals surface area contributed by atoms with Crippen molar-refractivity contribution in [1.82, 2.24) is 10.6 Å². The minimum atomic E-state index is -0.129. The fourth-order valence-electron chi connectivity index (χ4n) is 3.53. The van der Waals surface area contributed by atoms with Crippen LogP contribution in [0.3, 0.4) is 0 Å². The molecule has 21 heavy (non-hydrogen) atoms. The standard InChI is InChI=1S/C16H31N3OS/c1-3-21-14-8-5-7-13(10-14)19-16(17-2)18-11-12-6-4-9-15(12)20/h12-15,20H,3-11H2,1-2H3,(H2,17,18,19). The second-order valence-electron chi connectivity index (χ2n) is 6.30. The highest BCUT2D eigenvalue weighted by Crippen LogP contribution is 2.28. The first-order chi connectivity index (χ1) is 10.2. The zero-order chi connectivity index (χ0) is 15.1. The average molecular weight is 314 g/mol. The van der Waals surface area contributed by atoms with Gasteiger partial charge in [0.15, 0.2) is 5.96 Å². The van der Waals surface area contributed by atoms with Crippen molar-refractivity contribution >= 4 is 17.7 Å². The SMILES string of the molecule is CCSC1CCCC(NC(=NC)NCC2CCCC2O)C1. The summed E-state index contributed by atoms with van der Waals surface area (Å²) in [6.07, 6.45) is 8.26. The summed E-state index contributed by atoms with van der Waals surface area (Å²) in [6, 6.07) is 0.544. The zero-order valence-corrected chi connectivity index (χ0v) is 14.3. The van der Waals surface area contributed by atoms with Crippen molar-refractivity contribution in [3.05, 3.63) is 0 Å². The van der Waals surface area contributed by atoms with Gasteiger partial charge in [-0.15, -0.1) is 0 Å². The Morgan fingerprint density at radius 2 is 2.05 bits per heavy atom. The number of nitrogens with one attached hydrogen (secondary N) is 2. The van der Waals surface area contributed by atoms with Gasteiger partial charge in [0, 0.05) is 30.8 Å². The van der Waals surface area contributed by atoms with Crippen LogP contribution in [-0.4, -0.2) is 47.8 Å². The summed E-state index contributed by atoms with van der Waals surface area (Å²) in [4.78, 5) is 4.35. The Labute approximate surface area is 133 Å². The Balaban J connectivity index is 1.74. The normalized spacial score (nSPS) is 34.0. The third-order valence-corrected chi connectivity index (χ3v) is 5.98. The van der Waals surface area contributed by atoms with E-state index in [0.29, 0.717) is 12.0 Å². The van der Waals surface area contributed by atoms with Crippen LogP contribution in [0.5, 0.6) is 0 Å². The van der Waals surface area contributed by atoms with Gasteiger partial charge in [0.2, 0.25) is 0 Å². The van der Waals surface area contributed by atoms with E-state index < -0.39 is 0 Å². The van der Waals surface area contributed by atoms with E-state index >= 15 is 0 Å². The molecule has 0 bridgehead atoms. The van der Waals surface area contributed by atoms with Crippen LogP contribution in [0.2, 0.25) is 0 Å². The van der Waals surface area contributed by atoms with Crippen molar-refractivity contribution in [2.45, 2.75) is 69.3 Å². The highest BCUT2D eigenvalue weighted by molar-refractivity contribution is 7.99. The summed E-state index contributed by atoms with van der Waals surface area (Å²) in [5, 5.41) is 17.7. The van der Waals surface area contributed by atoms with E-state index in [2.05, 4.69) is 34.3 Å². The Morgan fingerprint density at radius 1 is 1.24 bits per heavy atom. The molecular weight excluding hydrogens is 282 g/mol. The number of rotatable bonds is 5. The van der Waals surface area contributed by atoms with Gasteiger partial charge in [-0.05, 0) is 37.9 Å². The van der Waals surface area contributed by atoms with Gasteiger partial charge >= 0.3 is 0 Å². The molecule has 2 rings (SSSR count). The molecule has 4 atom stereocenters. The van der Waals surface area contributed by atoms with Crippen LogP contribution in [0.4, 0.5) is 0 Å². The lowest BCUT2D eigenvalue weighted by Crippen LogP contribution is -2.47. The first kappa shape index (κ1) is 16.9. The molecule has 0 saturated heterocycles. The summed E-state index contributed by atoms with van der Waals surface area (Å²) >= 11 is 2.09. The molecule has 0 heterocycles. The largest absolute Gasteiger partial charge is 0.393 e. The van der Waals surface area contributed by atoms with Gasteiger partial charge in [-0.2, -0.15) is 11.8 Å². The number of guanidine groups is 1. The van der Waals surface area contributed by atoms with Crippen LogP contribution in [-0.2, 0) is 0 Å². The molecule has 2 aliphatic rings. The molecule has 2 fully saturated rings. The second-order valence-corrected chi connectivity index (χ2v) is 7.87. The second kappa shape index (κ2) is 8.89. The highest BCUT2D eigenvalue weighted by atomic mass is 32.2. The lowest BCUT2D eigenvalue weighted by Gasteiger charge is -2.30. The zero-order valence-electron chi connectivity index (χ0n) is 13.5. The van der Waals surface area contributed by atoms with E-state index in [1.807, 2.05) is 7.05 Å². The van der Waals surface area contributed by atoms with Gasteiger partial charge in [0.25, 0.3) is 0 Å². The molecule has 0 aromatic heterocycles. The summed E-state index contributed by atoms with van der Waals surface area (Å²) in [6.45, 7) is 3.08. The predicted molar refractivity (Wildman–Crippen MR) is 92.0 cm³/mol. The third-order valence-electron chi connectivity index (χ3n) is 4.74. The van der Waals surface area contributed by atoms with Crippen molar-refractivity contribution in [3.8, 4) is 0 Å². The average Bonchev–Trinajstić information content (AvgIpc) is 2.89. The van der Waals surface area contributed by atoms with Crippen LogP contribution >= 0.6 is 11.8 Å². The van der Waals surface area contributed by atoms with Gasteiger partial charge in [-0.1, -0.05) is 19.8 Å². The molecule has 0 aromatic rings. The molecule has 5 heteroatoms. The minimum absolute atomic E-state index is 0.129. The van der Waals surface area contributed by atoms with Crippen molar-refractivity contribution in [2.24, 2.45) is 10.9 Å². The number of hydrogen-bond acceptors (Lipinski definition) is 3. The summed E-state index contributed by atoms with van der Waals surface area (Å²) in [7, 11) is 1.83. The van der Waals surface area contributed by atoms with Crippen LogP contribution in [0.25, 0.3) is 0 Å². The smallest absolute Gasteiger partial charge is 0.191 e. The van der Waals surface area contributed by atoms with Crippen LogP contribution in [0.1, 0.15) is 51.9 Å². The summed E-state index contributed by atoms with van der Waals surface area (Å²) in [5.41, 5.74) is 0. The summed E-state index contributed by atoms with van der Waals surface area (Å²) < 4.78 is 0. The summed E-state index contributed by atoms with van der Waals surface area (Å²) in [5.74, 6) is 2.50. The topological polar surface area (TPSA) is 56.7 Å². The van der Waals surface area contributed by atoms with E-state index in [1.165, 1.54) is 31.4 Å². The predicted octanol–water partition coefficient (Wildman–Crippen LogP) is 2.38. The Kier molecular flexibility index (Phi) is 7.17. The molecule has 0 aromatic carbocycles. The van der Waals surface area contributed by atoms with Gasteiger partial charge in [-0.25, -0.2) is 0 Å². The molecule has 0 radical (unpaired) electrons. The number of aliphatic hydroxyl groups is 1. The maximum absolute atomic E-state index is 9.89. The van der Waals surface area contributed by atoms with Gasteiger partial charge in [0.05, 0.1) is 6.10 Å². The number of aliphatic hydroxyl groups excluding tert-OH is 1. The number of thioether (sulfide) groups is 1. The molecule has 122 valence electrons. The monoisotopic (exact) mass is 313 g/mol. The number of nitrogens with zero attached hydrogens (tertiary/aromatic N) is 1. The van der Waals surface area contributed by atoms with E-state index in [-0.39, 0.29) is 6.10 Å². The molecule has 3 N–H and O–H groups in total. The molecule has 4 unspecified atom stereocenters. The van der Waals surface area contributed by atoms with Crippen molar-refractivity contribution in [1.29, 1.82) is 0 Å². The van der Waals surface area contributed by atoms with E-state index in [9.17, 15) is 5.11 Å². The van der Waals surface area contributed by atoms with E-state index in [0.717, 1.165) is 37.0 Å². The molecular formula is C16H31N3OS. The Hall–Kier alpha value is -0.420. The Bertz CT molecular complexity index is 335. The van der Waals surface area contributed by atoms with E-state index in [1.54, 1.807) is 0 Å². The third kappa shape index (κ3) is 5.37. The molecule has 0 aliphatic heterocycles. The quantitative estimate of drug-likeness (QED) is 0.539. The first-order valence-corrected chi connectivity index (χ1v) is 9.54. The maximum Gasteiger partial charge on any atom is 0.191 e. The lowest BCUT2D eigenvalue weighted by atomic mass is 9.95. The number of aliphatic imine (C=N–C) groups is 1. The van der Waals surface area contributed by atoms with Crippen molar-refractivity contribution < 1.29 is 5.11 Å². The molecule has 0 spiro atoms. The first-order valence-electron chi connectivity index (χ1n) is 8.49. The Morgan fingerprint density at radius 3 is 2.71 bits per heavy atom. The van der Waals surface area contributed by atoms with Gasteiger partial charge in [0.1, 0.15) is 0 Å². The molecule has 2 saturated carbocycles. The van der Waals surface area contributed by atoms with Gasteiger partial charge < -0.3 is 15.7 Å². The van der Waals surface area contributed by atoms with Crippen molar-refractivity contribution in [3.63, 3.8) is 0 Å². The van der Waals surface area contributed by atoms with E-state index in [4.69, 9.17) is 0 Å². The minimum Gasteiger partial charge on any atom is -0.393 e. The van der Waals surface area contributed by atoms with Crippen LogP contribution in [0.15, 0.2) is 4.99 Å². The maximum atomic E-state index is 9.89. The molecule has 2 aliphatic carbocycles.